The molecule has 0 radical (unpaired) electrons. The van der Waals surface area contributed by atoms with Crippen LogP contribution in [-0.4, -0.2) is 36.2 Å². The van der Waals surface area contributed by atoms with Gasteiger partial charge in [0.05, 0.1) is 18.7 Å². The molecule has 2 amide bonds. The number of hydrogen-bond donors (Lipinski definition) is 2. The number of nitrogens with zero attached hydrogens (tertiary/aromatic N) is 1. The predicted molar refractivity (Wildman–Crippen MR) is 79.6 cm³/mol. The zero-order chi connectivity index (χ0) is 15.7. The number of nitrogens with one attached hydrogen (secondary N) is 1. The molecule has 7 heteroatoms. The normalized spacial score (nSPS) is 18.6. The molecule has 0 fully saturated rings. The van der Waals surface area contributed by atoms with E-state index < -0.39 is 12.0 Å². The quantitative estimate of drug-likeness (QED) is 0.798. The molecule has 2 rings (SSSR count). The summed E-state index contributed by atoms with van der Waals surface area (Å²) in [5.74, 6) is -0.483. The lowest BCUT2D eigenvalue weighted by atomic mass is 9.95. The minimum Gasteiger partial charge on any atom is -0.508 e. The van der Waals surface area contributed by atoms with Gasteiger partial charge in [-0.1, -0.05) is 15.9 Å². The van der Waals surface area contributed by atoms with Crippen LogP contribution in [0.2, 0.25) is 0 Å². The Morgan fingerprint density at radius 1 is 1.48 bits per heavy atom. The molecule has 21 heavy (non-hydrogen) atoms. The summed E-state index contributed by atoms with van der Waals surface area (Å²) in [6, 6.07) is 3.64. The minimum absolute atomic E-state index is 0.0447. The number of esters is 1. The van der Waals surface area contributed by atoms with Crippen LogP contribution in [0.1, 0.15) is 18.5 Å². The highest BCUT2D eigenvalue weighted by Crippen LogP contribution is 2.35. The van der Waals surface area contributed by atoms with Gasteiger partial charge < -0.3 is 20.1 Å². The van der Waals surface area contributed by atoms with Crippen LogP contribution >= 0.6 is 15.9 Å². The van der Waals surface area contributed by atoms with Crippen LogP contribution in [-0.2, 0) is 9.53 Å². The fourth-order valence-electron chi connectivity index (χ4n) is 2.20. The summed E-state index contributed by atoms with van der Waals surface area (Å²) in [6.07, 6.45) is 0. The van der Waals surface area contributed by atoms with Crippen molar-refractivity contribution in [3.05, 3.63) is 39.5 Å². The first-order valence-corrected chi connectivity index (χ1v) is 6.97. The second kappa shape index (κ2) is 5.77. The molecular formula is C14H15BrN2O4. The third-order valence-corrected chi connectivity index (χ3v) is 4.17. The smallest absolute Gasteiger partial charge is 0.337 e. The molecular weight excluding hydrogens is 340 g/mol. The Balaban J connectivity index is 2.62. The van der Waals surface area contributed by atoms with E-state index in [1.54, 1.807) is 20.0 Å². The number of benzene rings is 1. The number of carbonyl (C=O) groups excluding carboxylic acids is 2. The van der Waals surface area contributed by atoms with Crippen molar-refractivity contribution in [3.63, 3.8) is 0 Å². The van der Waals surface area contributed by atoms with Gasteiger partial charge in [0.15, 0.2) is 0 Å². The van der Waals surface area contributed by atoms with Crippen LogP contribution in [0.5, 0.6) is 5.75 Å². The molecule has 0 unspecified atom stereocenters. The summed E-state index contributed by atoms with van der Waals surface area (Å²) in [4.78, 5) is 25.4. The standard InChI is InChI=1S/C14H15BrN2O4/c1-7-11(13(19)21-3)12(16-14(20)17(7)2)9-6-8(18)4-5-10(9)15/h4-6,12,18H,1-3H3,(H,16,20)/t12-/m1/s1. The summed E-state index contributed by atoms with van der Waals surface area (Å²) in [7, 11) is 2.86. The fourth-order valence-corrected chi connectivity index (χ4v) is 2.67. The lowest BCUT2D eigenvalue weighted by Crippen LogP contribution is -2.46. The Labute approximate surface area is 130 Å². The summed E-state index contributed by atoms with van der Waals surface area (Å²) >= 11 is 3.37. The fraction of sp³-hybridized carbons (Fsp3) is 0.286. The van der Waals surface area contributed by atoms with E-state index in [1.165, 1.54) is 24.1 Å². The molecule has 0 spiro atoms. The van der Waals surface area contributed by atoms with Crippen LogP contribution in [0.25, 0.3) is 0 Å². The molecule has 1 heterocycles. The van der Waals surface area contributed by atoms with Crippen molar-refractivity contribution in [2.75, 3.05) is 14.2 Å². The van der Waals surface area contributed by atoms with Crippen molar-refractivity contribution in [2.24, 2.45) is 0 Å². The van der Waals surface area contributed by atoms with Crippen molar-refractivity contribution in [3.8, 4) is 5.75 Å². The maximum Gasteiger partial charge on any atom is 0.337 e. The van der Waals surface area contributed by atoms with Crippen LogP contribution < -0.4 is 5.32 Å². The van der Waals surface area contributed by atoms with Crippen molar-refractivity contribution < 1.29 is 19.4 Å². The number of aromatic hydroxyl groups is 1. The highest BCUT2D eigenvalue weighted by atomic mass is 79.9. The summed E-state index contributed by atoms with van der Waals surface area (Å²) in [5, 5.41) is 12.4. The Kier molecular flexibility index (Phi) is 4.22. The largest absolute Gasteiger partial charge is 0.508 e. The van der Waals surface area contributed by atoms with Gasteiger partial charge >= 0.3 is 12.0 Å². The molecule has 0 aromatic heterocycles. The Morgan fingerprint density at radius 2 is 2.14 bits per heavy atom. The van der Waals surface area contributed by atoms with E-state index >= 15 is 0 Å². The highest BCUT2D eigenvalue weighted by Gasteiger charge is 2.35. The van der Waals surface area contributed by atoms with Crippen molar-refractivity contribution in [1.82, 2.24) is 10.2 Å². The van der Waals surface area contributed by atoms with E-state index in [0.29, 0.717) is 21.3 Å². The van der Waals surface area contributed by atoms with Crippen LogP contribution in [0, 0.1) is 0 Å². The van der Waals surface area contributed by atoms with E-state index in [0.717, 1.165) is 0 Å². The Bertz CT molecular complexity index is 642. The molecule has 1 aromatic rings. The summed E-state index contributed by atoms with van der Waals surface area (Å²) in [5.41, 5.74) is 1.41. The molecule has 1 aromatic carbocycles. The number of allylic oxidation sites excluding steroid dienone is 1. The Morgan fingerprint density at radius 3 is 2.76 bits per heavy atom. The number of ether oxygens (including phenoxy) is 1. The SMILES string of the molecule is COC(=O)C1=C(C)N(C)C(=O)N[C@@H]1c1cc(O)ccc1Br. The minimum atomic E-state index is -0.692. The van der Waals surface area contributed by atoms with Gasteiger partial charge in [-0.05, 0) is 30.7 Å². The molecule has 2 N–H and O–H groups in total. The average molecular weight is 355 g/mol. The number of carbonyl (C=O) groups is 2. The van der Waals surface area contributed by atoms with Crippen molar-refractivity contribution >= 4 is 27.9 Å². The summed E-state index contributed by atoms with van der Waals surface area (Å²) in [6.45, 7) is 1.68. The molecule has 0 bridgehead atoms. The zero-order valence-electron chi connectivity index (χ0n) is 11.8. The zero-order valence-corrected chi connectivity index (χ0v) is 13.4. The molecule has 0 aliphatic carbocycles. The first kappa shape index (κ1) is 15.4. The summed E-state index contributed by atoms with van der Waals surface area (Å²) < 4.78 is 5.48. The number of urea groups is 1. The number of phenols is 1. The van der Waals surface area contributed by atoms with Crippen molar-refractivity contribution in [1.29, 1.82) is 0 Å². The molecule has 0 saturated carbocycles. The average Bonchev–Trinajstić information content (AvgIpc) is 2.46. The first-order valence-electron chi connectivity index (χ1n) is 6.18. The lowest BCUT2D eigenvalue weighted by Gasteiger charge is -2.33. The number of phenolic OH excluding ortho intramolecular Hbond substituents is 1. The maximum atomic E-state index is 12.1. The Hall–Kier alpha value is -2.02. The number of methoxy groups -OCH3 is 1. The second-order valence-electron chi connectivity index (χ2n) is 4.64. The molecule has 112 valence electrons. The lowest BCUT2D eigenvalue weighted by molar-refractivity contribution is -0.136. The van der Waals surface area contributed by atoms with E-state index in [1.807, 2.05) is 0 Å². The van der Waals surface area contributed by atoms with Crippen molar-refractivity contribution in [2.45, 2.75) is 13.0 Å². The third-order valence-electron chi connectivity index (χ3n) is 3.45. The molecule has 0 saturated heterocycles. The van der Waals surface area contributed by atoms with Gasteiger partial charge in [0.25, 0.3) is 0 Å². The van der Waals surface area contributed by atoms with Gasteiger partial charge in [0.2, 0.25) is 0 Å². The van der Waals surface area contributed by atoms with Gasteiger partial charge in [-0.15, -0.1) is 0 Å². The van der Waals surface area contributed by atoms with E-state index in [2.05, 4.69) is 21.2 Å². The van der Waals surface area contributed by atoms with Crippen LogP contribution in [0.15, 0.2) is 33.9 Å². The monoisotopic (exact) mass is 354 g/mol. The predicted octanol–water partition coefficient (Wildman–Crippen LogP) is 2.30. The second-order valence-corrected chi connectivity index (χ2v) is 5.49. The number of halogens is 1. The van der Waals surface area contributed by atoms with Gasteiger partial charge in [-0.2, -0.15) is 0 Å². The topological polar surface area (TPSA) is 78.9 Å². The number of amides is 2. The van der Waals surface area contributed by atoms with Gasteiger partial charge in [0, 0.05) is 17.2 Å². The van der Waals surface area contributed by atoms with E-state index in [4.69, 9.17) is 4.74 Å². The van der Waals surface area contributed by atoms with E-state index in [9.17, 15) is 14.7 Å². The van der Waals surface area contributed by atoms with Gasteiger partial charge in [-0.3, -0.25) is 0 Å². The molecule has 1 aliphatic heterocycles. The van der Waals surface area contributed by atoms with Gasteiger partial charge in [0.1, 0.15) is 5.75 Å². The molecule has 6 nitrogen and oxygen atoms in total. The third kappa shape index (κ3) is 2.73. The van der Waals surface area contributed by atoms with Crippen LogP contribution in [0.3, 0.4) is 0 Å². The van der Waals surface area contributed by atoms with Gasteiger partial charge in [-0.25, -0.2) is 9.59 Å². The maximum absolute atomic E-state index is 12.1. The number of rotatable bonds is 2. The number of hydrogen-bond acceptors (Lipinski definition) is 4. The molecule has 1 atom stereocenters. The molecule has 1 aliphatic rings. The van der Waals surface area contributed by atoms with Crippen LogP contribution in [0.4, 0.5) is 4.79 Å². The first-order chi connectivity index (χ1) is 9.86. The van der Waals surface area contributed by atoms with E-state index in [-0.39, 0.29) is 11.8 Å². The highest BCUT2D eigenvalue weighted by molar-refractivity contribution is 9.10.